The molecule has 0 radical (unpaired) electrons. The molecule has 0 spiro atoms. The molecule has 1 amide bonds. The molecule has 2 heterocycles. The summed E-state index contributed by atoms with van der Waals surface area (Å²) in [4.78, 5) is 19.9. The molecule has 0 atom stereocenters. The molecule has 144 valence electrons. The molecule has 2 N–H and O–H groups in total. The maximum Gasteiger partial charge on any atom is 0.261 e. The summed E-state index contributed by atoms with van der Waals surface area (Å²) >= 11 is 0. The number of halogens is 2. The third-order valence-electron chi connectivity index (χ3n) is 4.58. The lowest BCUT2D eigenvalue weighted by Crippen LogP contribution is -2.15. The summed E-state index contributed by atoms with van der Waals surface area (Å²) in [5.41, 5.74) is 4.50. The van der Waals surface area contributed by atoms with Crippen molar-refractivity contribution in [3.8, 4) is 22.6 Å². The van der Waals surface area contributed by atoms with Crippen LogP contribution in [0.3, 0.4) is 0 Å². The van der Waals surface area contributed by atoms with Crippen LogP contribution in [-0.2, 0) is 0 Å². The van der Waals surface area contributed by atoms with Gasteiger partial charge in [-0.05, 0) is 60.5 Å². The highest BCUT2D eigenvalue weighted by Crippen LogP contribution is 2.28. The Morgan fingerprint density at radius 1 is 0.966 bits per heavy atom. The number of aryl methyl sites for hydroxylation is 1. The van der Waals surface area contributed by atoms with Crippen LogP contribution in [0.2, 0.25) is 0 Å². The van der Waals surface area contributed by atoms with E-state index in [1.165, 1.54) is 6.07 Å². The average molecular weight is 389 g/mol. The maximum atomic E-state index is 13.8. The van der Waals surface area contributed by atoms with Crippen molar-refractivity contribution in [1.82, 2.24) is 9.97 Å². The molecule has 0 aliphatic carbocycles. The predicted octanol–water partition coefficient (Wildman–Crippen LogP) is 5.58. The Hall–Kier alpha value is -3.80. The van der Waals surface area contributed by atoms with Gasteiger partial charge in [0.2, 0.25) is 0 Å². The molecule has 4 aromatic rings. The number of aromatic nitrogens is 2. The minimum absolute atomic E-state index is 0.440. The highest BCUT2D eigenvalue weighted by atomic mass is 19.1. The minimum atomic E-state index is -0.900. The fourth-order valence-corrected chi connectivity index (χ4v) is 3.15. The Morgan fingerprint density at radius 2 is 1.69 bits per heavy atom. The predicted molar refractivity (Wildman–Crippen MR) is 109 cm³/mol. The smallest absolute Gasteiger partial charge is 0.261 e. The zero-order chi connectivity index (χ0) is 20.4. The summed E-state index contributed by atoms with van der Waals surface area (Å²) < 4.78 is 27.5. The highest BCUT2D eigenvalue weighted by Gasteiger charge is 2.17. The van der Waals surface area contributed by atoms with E-state index in [0.29, 0.717) is 5.69 Å². The topological polar surface area (TPSA) is 57.8 Å². The van der Waals surface area contributed by atoms with Gasteiger partial charge in [0.15, 0.2) is 0 Å². The molecular weight excluding hydrogens is 372 g/mol. The number of rotatable bonds is 4. The van der Waals surface area contributed by atoms with Crippen molar-refractivity contribution in [3.63, 3.8) is 0 Å². The molecular formula is C23H17F2N3O. The van der Waals surface area contributed by atoms with Crippen LogP contribution in [0.25, 0.3) is 22.6 Å². The van der Waals surface area contributed by atoms with Gasteiger partial charge in [0.1, 0.15) is 17.2 Å². The molecule has 0 saturated heterocycles. The van der Waals surface area contributed by atoms with Crippen molar-refractivity contribution < 1.29 is 13.6 Å². The summed E-state index contributed by atoms with van der Waals surface area (Å²) in [5, 5.41) is 2.53. The number of anilines is 1. The molecule has 6 heteroatoms. The lowest BCUT2D eigenvalue weighted by Gasteiger charge is -2.08. The molecule has 29 heavy (non-hydrogen) atoms. The second-order valence-electron chi connectivity index (χ2n) is 6.58. The van der Waals surface area contributed by atoms with Gasteiger partial charge in [-0.3, -0.25) is 9.78 Å². The van der Waals surface area contributed by atoms with Crippen LogP contribution < -0.4 is 5.32 Å². The molecule has 2 aromatic carbocycles. The third kappa shape index (κ3) is 3.78. The number of amides is 1. The van der Waals surface area contributed by atoms with Crippen LogP contribution in [0, 0.1) is 18.6 Å². The van der Waals surface area contributed by atoms with Crippen molar-refractivity contribution in [2.45, 2.75) is 6.92 Å². The Bertz CT molecular complexity index is 1150. The number of hydrogen-bond acceptors (Lipinski definition) is 2. The number of hydrogen-bond donors (Lipinski definition) is 2. The average Bonchev–Trinajstić information content (AvgIpc) is 3.11. The number of aromatic amines is 1. The molecule has 0 aliphatic heterocycles. The quantitative estimate of drug-likeness (QED) is 0.478. The van der Waals surface area contributed by atoms with Gasteiger partial charge in [-0.25, -0.2) is 8.78 Å². The van der Waals surface area contributed by atoms with E-state index in [-0.39, 0.29) is 0 Å². The van der Waals surface area contributed by atoms with Crippen LogP contribution in [0.5, 0.6) is 0 Å². The van der Waals surface area contributed by atoms with E-state index in [2.05, 4.69) is 15.3 Å². The van der Waals surface area contributed by atoms with E-state index in [1.807, 2.05) is 43.3 Å². The first-order valence-corrected chi connectivity index (χ1v) is 9.00. The third-order valence-corrected chi connectivity index (χ3v) is 4.58. The van der Waals surface area contributed by atoms with Crippen molar-refractivity contribution >= 4 is 11.6 Å². The fourth-order valence-electron chi connectivity index (χ4n) is 3.15. The molecule has 0 saturated carbocycles. The van der Waals surface area contributed by atoms with Crippen molar-refractivity contribution in [1.29, 1.82) is 0 Å². The summed E-state index contributed by atoms with van der Waals surface area (Å²) in [5.74, 6) is -2.63. The Kier molecular flexibility index (Phi) is 4.91. The van der Waals surface area contributed by atoms with Crippen LogP contribution in [0.15, 0.2) is 72.9 Å². The fraction of sp³-hybridized carbons (Fsp3) is 0.0435. The normalized spacial score (nSPS) is 10.7. The standard InChI is InChI=1S/C23H17F2N3O/c1-14-13-20(19-7-2-3-12-26-19)28-22(14)15-8-10-16(11-9-15)27-23(29)21-17(24)5-4-6-18(21)25/h2-13,28H,1H3,(H,27,29). The van der Waals surface area contributed by atoms with Crippen molar-refractivity contribution in [2.24, 2.45) is 0 Å². The SMILES string of the molecule is Cc1cc(-c2ccccn2)[nH]c1-c1ccc(NC(=O)c2c(F)cccc2F)cc1. The van der Waals surface area contributed by atoms with E-state index >= 15 is 0 Å². The highest BCUT2D eigenvalue weighted by molar-refractivity contribution is 6.04. The Balaban J connectivity index is 1.56. The van der Waals surface area contributed by atoms with Gasteiger partial charge in [-0.15, -0.1) is 0 Å². The van der Waals surface area contributed by atoms with Crippen molar-refractivity contribution in [3.05, 3.63) is 95.7 Å². The first-order valence-electron chi connectivity index (χ1n) is 9.00. The van der Waals surface area contributed by atoms with Crippen LogP contribution in [0.4, 0.5) is 14.5 Å². The van der Waals surface area contributed by atoms with E-state index in [4.69, 9.17) is 0 Å². The number of benzene rings is 2. The number of nitrogens with one attached hydrogen (secondary N) is 2. The van der Waals surface area contributed by atoms with Gasteiger partial charge in [-0.2, -0.15) is 0 Å². The largest absolute Gasteiger partial charge is 0.353 e. The van der Waals surface area contributed by atoms with Crippen LogP contribution >= 0.6 is 0 Å². The molecule has 4 rings (SSSR count). The molecule has 0 aliphatic rings. The Morgan fingerprint density at radius 3 is 2.34 bits per heavy atom. The minimum Gasteiger partial charge on any atom is -0.353 e. The van der Waals surface area contributed by atoms with E-state index in [0.717, 1.165) is 40.3 Å². The second kappa shape index (κ2) is 7.67. The molecule has 0 bridgehead atoms. The zero-order valence-electron chi connectivity index (χ0n) is 15.5. The van der Waals surface area contributed by atoms with Gasteiger partial charge >= 0.3 is 0 Å². The van der Waals surface area contributed by atoms with Gasteiger partial charge in [0.05, 0.1) is 11.4 Å². The summed E-state index contributed by atoms with van der Waals surface area (Å²) in [6.07, 6.45) is 1.74. The van der Waals surface area contributed by atoms with E-state index in [1.54, 1.807) is 18.3 Å². The van der Waals surface area contributed by atoms with Gasteiger partial charge in [0.25, 0.3) is 5.91 Å². The van der Waals surface area contributed by atoms with Gasteiger partial charge in [0, 0.05) is 17.6 Å². The van der Waals surface area contributed by atoms with Crippen molar-refractivity contribution in [2.75, 3.05) is 5.32 Å². The van der Waals surface area contributed by atoms with E-state index in [9.17, 15) is 13.6 Å². The number of nitrogens with zero attached hydrogens (tertiary/aromatic N) is 1. The number of pyridine rings is 1. The zero-order valence-corrected chi connectivity index (χ0v) is 15.5. The number of H-pyrrole nitrogens is 1. The van der Waals surface area contributed by atoms with Crippen LogP contribution in [0.1, 0.15) is 15.9 Å². The summed E-state index contributed by atoms with van der Waals surface area (Å²) in [6, 6.07) is 18.1. The molecule has 0 fully saturated rings. The summed E-state index contributed by atoms with van der Waals surface area (Å²) in [7, 11) is 0. The van der Waals surface area contributed by atoms with Gasteiger partial charge < -0.3 is 10.3 Å². The molecule has 2 aromatic heterocycles. The first-order chi connectivity index (χ1) is 14.0. The lowest BCUT2D eigenvalue weighted by molar-refractivity contribution is 0.101. The number of carbonyl (C=O) groups is 1. The molecule has 4 nitrogen and oxygen atoms in total. The lowest BCUT2D eigenvalue weighted by atomic mass is 10.1. The summed E-state index contributed by atoms with van der Waals surface area (Å²) in [6.45, 7) is 1.99. The van der Waals surface area contributed by atoms with E-state index < -0.39 is 23.1 Å². The first kappa shape index (κ1) is 18.6. The monoisotopic (exact) mass is 389 g/mol. The van der Waals surface area contributed by atoms with Gasteiger partial charge in [-0.1, -0.05) is 24.3 Å². The second-order valence-corrected chi connectivity index (χ2v) is 6.58. The number of carbonyl (C=O) groups excluding carboxylic acids is 1. The Labute approximate surface area is 166 Å². The van der Waals surface area contributed by atoms with Crippen LogP contribution in [-0.4, -0.2) is 15.9 Å². The molecule has 0 unspecified atom stereocenters. The maximum absolute atomic E-state index is 13.8.